The zero-order valence-corrected chi connectivity index (χ0v) is 13.2. The van der Waals surface area contributed by atoms with E-state index in [1.807, 2.05) is 29.2 Å². The van der Waals surface area contributed by atoms with Crippen molar-refractivity contribution in [3.8, 4) is 0 Å². The number of amides is 1. The molecule has 1 aliphatic heterocycles. The Morgan fingerprint density at radius 1 is 1.05 bits per heavy atom. The predicted octanol–water partition coefficient (Wildman–Crippen LogP) is 0.504. The molecule has 0 atom stereocenters. The number of hydrogen-bond donors (Lipinski definition) is 0. The molecule has 1 amide bonds. The van der Waals surface area contributed by atoms with Crippen molar-refractivity contribution in [2.75, 3.05) is 33.2 Å². The van der Waals surface area contributed by atoms with Crippen LogP contribution in [0.2, 0.25) is 0 Å². The fraction of sp³-hybridized carbons (Fsp3) is 0.500. The highest BCUT2D eigenvalue weighted by molar-refractivity contribution is 5.81. The Labute approximate surface area is 129 Å². The van der Waals surface area contributed by atoms with E-state index in [0.29, 0.717) is 0 Å². The van der Waals surface area contributed by atoms with Crippen LogP contribution < -0.4 is 5.69 Å². The number of hydrogen-bond acceptors (Lipinski definition) is 3. The molecule has 0 bridgehead atoms. The van der Waals surface area contributed by atoms with Crippen molar-refractivity contribution in [2.24, 2.45) is 7.05 Å². The number of nitrogens with zero attached hydrogens (tertiary/aromatic N) is 4. The Kier molecular flexibility index (Phi) is 4.02. The second kappa shape index (κ2) is 5.96. The van der Waals surface area contributed by atoms with Gasteiger partial charge < -0.3 is 9.80 Å². The van der Waals surface area contributed by atoms with Crippen molar-refractivity contribution in [3.63, 3.8) is 0 Å². The van der Waals surface area contributed by atoms with Crippen LogP contribution in [0.25, 0.3) is 11.0 Å². The van der Waals surface area contributed by atoms with Crippen LogP contribution in [0.5, 0.6) is 0 Å². The molecule has 3 rings (SSSR count). The Morgan fingerprint density at radius 2 is 1.77 bits per heavy atom. The first kappa shape index (κ1) is 14.8. The molecule has 1 aromatic carbocycles. The summed E-state index contributed by atoms with van der Waals surface area (Å²) >= 11 is 0. The third-order valence-corrected chi connectivity index (χ3v) is 4.42. The number of aryl methyl sites for hydroxylation is 1. The number of benzene rings is 1. The van der Waals surface area contributed by atoms with Crippen LogP contribution in [0, 0.1) is 0 Å². The number of fused-ring (bicyclic) bond motifs is 1. The minimum Gasteiger partial charge on any atom is -0.340 e. The summed E-state index contributed by atoms with van der Waals surface area (Å²) in [5.41, 5.74) is 1.53. The van der Waals surface area contributed by atoms with Gasteiger partial charge in [0.15, 0.2) is 0 Å². The molecule has 0 unspecified atom stereocenters. The summed E-state index contributed by atoms with van der Waals surface area (Å²) in [6, 6.07) is 7.58. The molecule has 0 spiro atoms. The molecule has 0 N–H and O–H groups in total. The van der Waals surface area contributed by atoms with E-state index in [-0.39, 0.29) is 18.1 Å². The van der Waals surface area contributed by atoms with E-state index in [1.54, 1.807) is 16.2 Å². The molecule has 118 valence electrons. The van der Waals surface area contributed by atoms with Crippen LogP contribution in [-0.4, -0.2) is 58.1 Å². The maximum atomic E-state index is 12.6. The molecule has 1 fully saturated rings. The standard InChI is InChI=1S/C16H22N4O2/c1-17-8-5-9-19(11-10-17)15(21)12-20-14-7-4-3-6-13(14)18(2)16(20)22/h3-4,6-7H,5,8-12H2,1-2H3. The molecule has 0 radical (unpaired) electrons. The quantitative estimate of drug-likeness (QED) is 0.812. The topological polar surface area (TPSA) is 50.5 Å². The molecule has 6 heteroatoms. The lowest BCUT2D eigenvalue weighted by Crippen LogP contribution is -2.38. The minimum atomic E-state index is -0.138. The number of carbonyl (C=O) groups excluding carboxylic acids is 1. The van der Waals surface area contributed by atoms with Gasteiger partial charge in [0.25, 0.3) is 0 Å². The monoisotopic (exact) mass is 302 g/mol. The summed E-state index contributed by atoms with van der Waals surface area (Å²) in [7, 11) is 3.82. The zero-order valence-electron chi connectivity index (χ0n) is 13.2. The summed E-state index contributed by atoms with van der Waals surface area (Å²) in [5.74, 6) is 0.0220. The summed E-state index contributed by atoms with van der Waals surface area (Å²) in [6.07, 6.45) is 0.979. The van der Waals surface area contributed by atoms with E-state index in [9.17, 15) is 9.59 Å². The van der Waals surface area contributed by atoms with Crippen molar-refractivity contribution in [1.82, 2.24) is 18.9 Å². The van der Waals surface area contributed by atoms with E-state index in [1.165, 1.54) is 0 Å². The van der Waals surface area contributed by atoms with Crippen LogP contribution in [0.3, 0.4) is 0 Å². The maximum absolute atomic E-state index is 12.6. The average molecular weight is 302 g/mol. The number of rotatable bonds is 2. The maximum Gasteiger partial charge on any atom is 0.329 e. The summed E-state index contributed by atoms with van der Waals surface area (Å²) in [6.45, 7) is 3.51. The van der Waals surface area contributed by atoms with Gasteiger partial charge in [0.2, 0.25) is 5.91 Å². The largest absolute Gasteiger partial charge is 0.340 e. The number of carbonyl (C=O) groups is 1. The molecule has 1 aliphatic rings. The van der Waals surface area contributed by atoms with E-state index < -0.39 is 0 Å². The van der Waals surface area contributed by atoms with Gasteiger partial charge in [-0.05, 0) is 32.1 Å². The molecule has 0 aliphatic carbocycles. The number of imidazole rings is 1. The lowest BCUT2D eigenvalue weighted by Gasteiger charge is -2.20. The van der Waals surface area contributed by atoms with Crippen LogP contribution in [-0.2, 0) is 18.4 Å². The van der Waals surface area contributed by atoms with Gasteiger partial charge >= 0.3 is 5.69 Å². The summed E-state index contributed by atoms with van der Waals surface area (Å²) in [5, 5.41) is 0. The highest BCUT2D eigenvalue weighted by Crippen LogP contribution is 2.12. The van der Waals surface area contributed by atoms with E-state index in [0.717, 1.165) is 43.6 Å². The third kappa shape index (κ3) is 2.66. The van der Waals surface area contributed by atoms with Crippen molar-refractivity contribution < 1.29 is 4.79 Å². The van der Waals surface area contributed by atoms with Crippen molar-refractivity contribution in [1.29, 1.82) is 0 Å². The molecular weight excluding hydrogens is 280 g/mol. The first-order valence-corrected chi connectivity index (χ1v) is 7.68. The number of para-hydroxylation sites is 2. The molecular formula is C16H22N4O2. The second-order valence-electron chi connectivity index (χ2n) is 5.95. The van der Waals surface area contributed by atoms with Crippen LogP contribution in [0.15, 0.2) is 29.1 Å². The van der Waals surface area contributed by atoms with Gasteiger partial charge in [-0.3, -0.25) is 13.9 Å². The fourth-order valence-corrected chi connectivity index (χ4v) is 3.05. The smallest absolute Gasteiger partial charge is 0.329 e. The second-order valence-corrected chi connectivity index (χ2v) is 5.95. The third-order valence-electron chi connectivity index (χ3n) is 4.42. The highest BCUT2D eigenvalue weighted by Gasteiger charge is 2.20. The Balaban J connectivity index is 1.85. The van der Waals surface area contributed by atoms with Gasteiger partial charge in [-0.1, -0.05) is 12.1 Å². The number of aromatic nitrogens is 2. The number of likely N-dealkylation sites (N-methyl/N-ethyl adjacent to an activating group) is 1. The lowest BCUT2D eigenvalue weighted by molar-refractivity contribution is -0.131. The minimum absolute atomic E-state index is 0.0220. The van der Waals surface area contributed by atoms with Gasteiger partial charge in [-0.2, -0.15) is 0 Å². The molecule has 2 heterocycles. The van der Waals surface area contributed by atoms with Crippen LogP contribution >= 0.6 is 0 Å². The zero-order chi connectivity index (χ0) is 15.7. The van der Waals surface area contributed by atoms with E-state index in [4.69, 9.17) is 0 Å². The molecule has 22 heavy (non-hydrogen) atoms. The summed E-state index contributed by atoms with van der Waals surface area (Å²) in [4.78, 5) is 29.1. The van der Waals surface area contributed by atoms with Crippen LogP contribution in [0.4, 0.5) is 0 Å². The van der Waals surface area contributed by atoms with Gasteiger partial charge in [0.05, 0.1) is 11.0 Å². The molecule has 0 saturated carbocycles. The van der Waals surface area contributed by atoms with E-state index >= 15 is 0 Å². The van der Waals surface area contributed by atoms with E-state index in [2.05, 4.69) is 11.9 Å². The average Bonchev–Trinajstić information content (AvgIpc) is 2.69. The Morgan fingerprint density at radius 3 is 2.55 bits per heavy atom. The van der Waals surface area contributed by atoms with Crippen molar-refractivity contribution in [3.05, 3.63) is 34.7 Å². The normalized spacial score (nSPS) is 16.9. The molecule has 1 saturated heterocycles. The first-order valence-electron chi connectivity index (χ1n) is 7.68. The predicted molar refractivity (Wildman–Crippen MR) is 85.9 cm³/mol. The Hall–Kier alpha value is -2.08. The highest BCUT2D eigenvalue weighted by atomic mass is 16.2. The summed E-state index contributed by atoms with van der Waals surface area (Å²) < 4.78 is 3.17. The SMILES string of the molecule is CN1CCCN(C(=O)Cn2c(=O)n(C)c3ccccc32)CC1. The van der Waals surface area contributed by atoms with Crippen molar-refractivity contribution >= 4 is 16.9 Å². The van der Waals surface area contributed by atoms with Gasteiger partial charge in [-0.15, -0.1) is 0 Å². The molecule has 1 aromatic heterocycles. The van der Waals surface area contributed by atoms with Gasteiger partial charge in [0, 0.05) is 26.7 Å². The molecule has 2 aromatic rings. The fourth-order valence-electron chi connectivity index (χ4n) is 3.05. The van der Waals surface area contributed by atoms with Crippen LogP contribution in [0.1, 0.15) is 6.42 Å². The lowest BCUT2D eigenvalue weighted by atomic mass is 10.3. The Bertz CT molecular complexity index is 746. The van der Waals surface area contributed by atoms with Gasteiger partial charge in [0.1, 0.15) is 6.54 Å². The van der Waals surface area contributed by atoms with Crippen molar-refractivity contribution in [2.45, 2.75) is 13.0 Å². The van der Waals surface area contributed by atoms with Gasteiger partial charge in [-0.25, -0.2) is 4.79 Å². The first-order chi connectivity index (χ1) is 10.6. The molecule has 6 nitrogen and oxygen atoms in total.